The van der Waals surface area contributed by atoms with Crippen molar-refractivity contribution in [3.63, 3.8) is 0 Å². The summed E-state index contributed by atoms with van der Waals surface area (Å²) >= 11 is 0. The smallest absolute Gasteiger partial charge is 0.0945 e. The van der Waals surface area contributed by atoms with Crippen LogP contribution in [-0.4, -0.2) is 16.1 Å². The van der Waals surface area contributed by atoms with Crippen molar-refractivity contribution in [2.75, 3.05) is 0 Å². The second kappa shape index (κ2) is 28.0. The van der Waals surface area contributed by atoms with Crippen molar-refractivity contribution in [3.8, 4) is 33.4 Å². The van der Waals surface area contributed by atoms with E-state index < -0.39 is 16.1 Å². The molecule has 0 amide bonds. The lowest BCUT2D eigenvalue weighted by atomic mass is 9.81. The van der Waals surface area contributed by atoms with Gasteiger partial charge in [-0.25, -0.2) is 0 Å². The number of fused-ring (bicyclic) bond motifs is 3. The van der Waals surface area contributed by atoms with Crippen LogP contribution >= 0.6 is 0 Å². The molecule has 0 heterocycles. The Bertz CT molecular complexity index is 3780. The lowest BCUT2D eigenvalue weighted by molar-refractivity contribution is 0.661. The van der Waals surface area contributed by atoms with Gasteiger partial charge in [-0.05, 0) is 219 Å². The molecule has 9 aromatic rings. The molecular formula is C83H96Si2. The quantitative estimate of drug-likeness (QED) is 0.107. The first kappa shape index (κ1) is 64.9. The maximum Gasteiger partial charge on any atom is 0.171 e. The predicted octanol–water partition coefficient (Wildman–Crippen LogP) is 21.0. The minimum Gasteiger partial charge on any atom is -0.0945 e. The maximum absolute atomic E-state index is 2.48. The van der Waals surface area contributed by atoms with E-state index in [-0.39, 0.29) is 5.41 Å². The molecule has 0 saturated carbocycles. The Kier molecular flexibility index (Phi) is 21.4. The average molecular weight is 1150 g/mol. The minimum atomic E-state index is -2.46. The summed E-state index contributed by atoms with van der Waals surface area (Å²) in [5.74, 6) is 0. The van der Waals surface area contributed by atoms with Crippen molar-refractivity contribution in [1.82, 2.24) is 0 Å². The van der Waals surface area contributed by atoms with Crippen LogP contribution in [-0.2, 0) is 5.41 Å². The highest BCUT2D eigenvalue weighted by Crippen LogP contribution is 2.51. The first-order valence-electron chi connectivity index (χ1n) is 31.2. The molecule has 0 spiro atoms. The summed E-state index contributed by atoms with van der Waals surface area (Å²) < 4.78 is 0. The molecule has 0 aliphatic heterocycles. The van der Waals surface area contributed by atoms with E-state index in [0.717, 1.165) is 0 Å². The van der Waals surface area contributed by atoms with E-state index in [9.17, 15) is 0 Å². The van der Waals surface area contributed by atoms with Crippen LogP contribution in [0.5, 0.6) is 0 Å². The molecule has 436 valence electrons. The molecule has 0 bridgehead atoms. The highest BCUT2D eigenvalue weighted by molar-refractivity contribution is 7.12. The highest BCUT2D eigenvalue weighted by Gasteiger charge is 2.43. The van der Waals surface area contributed by atoms with E-state index in [2.05, 4.69) is 328 Å². The van der Waals surface area contributed by atoms with Crippen LogP contribution in [0.15, 0.2) is 228 Å². The van der Waals surface area contributed by atoms with Crippen molar-refractivity contribution in [2.45, 2.75) is 144 Å². The Morgan fingerprint density at radius 3 is 1.19 bits per heavy atom. The third-order valence-electron chi connectivity index (χ3n) is 18.5. The van der Waals surface area contributed by atoms with Crippen LogP contribution in [0.2, 0.25) is 0 Å². The molecule has 2 heteroatoms. The van der Waals surface area contributed by atoms with Gasteiger partial charge < -0.3 is 0 Å². The van der Waals surface area contributed by atoms with Crippen LogP contribution in [0.3, 0.4) is 0 Å². The number of hydrogen-bond acceptors (Lipinski definition) is 0. The van der Waals surface area contributed by atoms with Crippen LogP contribution in [0.1, 0.15) is 150 Å². The van der Waals surface area contributed by atoms with Gasteiger partial charge in [0, 0.05) is 5.41 Å². The first-order chi connectivity index (χ1) is 40.7. The summed E-state index contributed by atoms with van der Waals surface area (Å²) in [5.41, 5.74) is 32.0. The number of benzene rings is 9. The number of hydrogen-bond donors (Lipinski definition) is 0. The van der Waals surface area contributed by atoms with E-state index in [4.69, 9.17) is 0 Å². The zero-order valence-electron chi connectivity index (χ0n) is 55.3. The number of aryl methyl sites for hydroxylation is 3. The normalized spacial score (nSPS) is 12.7. The highest BCUT2D eigenvalue weighted by atomic mass is 28.3. The van der Waals surface area contributed by atoms with Crippen molar-refractivity contribution in [1.29, 1.82) is 0 Å². The standard InChI is InChI=1S/C45H40Si.C34H44Si.2C2H6/c1-5-29-46(39-12-8-6-9-13-39,40-14-10-7-11-15-40)30-28-34-18-22-36(23-19-34)38-25-27-42-41-26-24-37(35-20-16-33(2)17-21-35)31-43(41)45(3,4)44(42)32-38;1-21(2)30(11)35(32-17-13-15-22(3)19-32,33-18-14-16-23(4)20-33)31(12)29(10)34-27(8)25(6)24(5)26(7)28(34)9;2*1-2/h5-32H,1-4H3;13-20H,1-12H3;2*1-2H3/b;31-29+;;. The first-order valence-corrected chi connectivity index (χ1v) is 35.3. The van der Waals surface area contributed by atoms with Gasteiger partial charge in [-0.1, -0.05) is 280 Å². The fraction of sp³-hybridized carbons (Fsp3) is 0.253. The van der Waals surface area contributed by atoms with E-state index in [1.54, 1.807) is 10.4 Å². The monoisotopic (exact) mass is 1150 g/mol. The molecule has 0 N–H and O–H groups in total. The van der Waals surface area contributed by atoms with Gasteiger partial charge in [-0.2, -0.15) is 0 Å². The average Bonchev–Trinajstić information content (AvgIpc) is 1.94. The zero-order valence-corrected chi connectivity index (χ0v) is 57.3. The van der Waals surface area contributed by atoms with Crippen molar-refractivity contribution < 1.29 is 0 Å². The molecule has 85 heavy (non-hydrogen) atoms. The van der Waals surface area contributed by atoms with Gasteiger partial charge >= 0.3 is 0 Å². The SMILES string of the molecule is CC.CC.CC(C)=C(C)[Si](/C(C)=C(\C)c1c(C)c(C)c(C)c(C)c1C)(c1cccc(C)c1)c1cccc(C)c1.CC=C[Si](C=Cc1ccc(-c2ccc3c(c2)C(C)(C)c2cc(-c4ccc(C)cc4)ccc2-3)cc1)(c1ccccc1)c1ccccc1. The van der Waals surface area contributed by atoms with Crippen LogP contribution in [0.25, 0.3) is 45.0 Å². The van der Waals surface area contributed by atoms with E-state index in [1.165, 1.54) is 132 Å². The largest absolute Gasteiger partial charge is 0.171 e. The van der Waals surface area contributed by atoms with Crippen LogP contribution < -0.4 is 20.7 Å². The summed E-state index contributed by atoms with van der Waals surface area (Å²) in [6.07, 6.45) is 4.54. The van der Waals surface area contributed by atoms with E-state index in [0.29, 0.717) is 0 Å². The Balaban J connectivity index is 0.000000239. The van der Waals surface area contributed by atoms with Crippen LogP contribution in [0, 0.1) is 55.4 Å². The zero-order chi connectivity index (χ0) is 62.0. The topological polar surface area (TPSA) is 0 Å². The maximum atomic E-state index is 2.48. The molecule has 0 fully saturated rings. The Morgan fingerprint density at radius 2 is 0.776 bits per heavy atom. The van der Waals surface area contributed by atoms with Gasteiger partial charge in [0.25, 0.3) is 0 Å². The van der Waals surface area contributed by atoms with Gasteiger partial charge in [0.05, 0.1) is 0 Å². The minimum absolute atomic E-state index is 0.0697. The molecule has 10 rings (SSSR count). The molecular weight excluding hydrogens is 1050 g/mol. The summed E-state index contributed by atoms with van der Waals surface area (Å²) in [5, 5.41) is 8.83. The molecule has 0 atom stereocenters. The Labute approximate surface area is 516 Å². The lowest BCUT2D eigenvalue weighted by Crippen LogP contribution is -2.61. The fourth-order valence-electron chi connectivity index (χ4n) is 13.1. The fourth-order valence-corrected chi connectivity index (χ4v) is 22.5. The second-order valence-electron chi connectivity index (χ2n) is 23.9. The summed E-state index contributed by atoms with van der Waals surface area (Å²) in [6.45, 7) is 44.7. The second-order valence-corrected chi connectivity index (χ2v) is 31.6. The van der Waals surface area contributed by atoms with Crippen LogP contribution in [0.4, 0.5) is 0 Å². The summed E-state index contributed by atoms with van der Waals surface area (Å²) in [7, 11) is -4.72. The lowest BCUT2D eigenvalue weighted by Gasteiger charge is -2.38. The van der Waals surface area contributed by atoms with Gasteiger partial charge in [0.2, 0.25) is 0 Å². The third kappa shape index (κ3) is 13.0. The van der Waals surface area contributed by atoms with Crippen molar-refractivity contribution >= 4 is 48.5 Å². The van der Waals surface area contributed by atoms with Crippen molar-refractivity contribution in [2.24, 2.45) is 0 Å². The number of rotatable bonds is 12. The molecule has 0 nitrogen and oxygen atoms in total. The van der Waals surface area contributed by atoms with E-state index in [1.807, 2.05) is 27.7 Å². The molecule has 0 saturated heterocycles. The molecule has 0 radical (unpaired) electrons. The van der Waals surface area contributed by atoms with E-state index >= 15 is 0 Å². The summed E-state index contributed by atoms with van der Waals surface area (Å²) in [4.78, 5) is 0. The third-order valence-corrected chi connectivity index (χ3v) is 28.1. The molecule has 0 unspecified atom stereocenters. The predicted molar refractivity (Wildman–Crippen MR) is 384 cm³/mol. The van der Waals surface area contributed by atoms with Gasteiger partial charge in [0.15, 0.2) is 16.1 Å². The number of allylic oxidation sites excluding steroid dienone is 5. The van der Waals surface area contributed by atoms with Gasteiger partial charge in [-0.3, -0.25) is 0 Å². The molecule has 0 aromatic heterocycles. The Morgan fingerprint density at radius 1 is 0.376 bits per heavy atom. The Hall–Kier alpha value is -7.63. The van der Waals surface area contributed by atoms with Gasteiger partial charge in [-0.15, -0.1) is 0 Å². The molecule has 9 aromatic carbocycles. The molecule has 1 aliphatic rings. The van der Waals surface area contributed by atoms with Crippen molar-refractivity contribution in [3.05, 3.63) is 294 Å². The van der Waals surface area contributed by atoms with Gasteiger partial charge in [0.1, 0.15) is 0 Å². The summed E-state index contributed by atoms with van der Waals surface area (Å²) in [6, 6.07) is 72.5. The molecule has 1 aliphatic carbocycles.